The molecule has 2 aromatic carbocycles. The largest absolute Gasteiger partial charge is 0.480 e. The summed E-state index contributed by atoms with van der Waals surface area (Å²) in [5.41, 5.74) is 3.45. The molecule has 4 rings (SSSR count). The summed E-state index contributed by atoms with van der Waals surface area (Å²) >= 11 is 0. The van der Waals surface area contributed by atoms with Crippen LogP contribution in [0.2, 0.25) is 0 Å². The maximum Gasteiger partial charge on any atom is 0.323 e. The van der Waals surface area contributed by atoms with Gasteiger partial charge in [-0.05, 0) is 72.5 Å². The Morgan fingerprint density at radius 2 is 1.71 bits per heavy atom. The molecule has 9 heteroatoms. The monoisotopic (exact) mass is 560 g/mol. The van der Waals surface area contributed by atoms with Crippen molar-refractivity contribution in [3.8, 4) is 0 Å². The number of benzene rings is 2. The van der Waals surface area contributed by atoms with E-state index in [2.05, 4.69) is 9.88 Å². The number of hydrogen-bond acceptors (Lipinski definition) is 5. The second-order valence-electron chi connectivity index (χ2n) is 10.5. The van der Waals surface area contributed by atoms with Gasteiger partial charge in [-0.15, -0.1) is 0 Å². The second-order valence-corrected chi connectivity index (χ2v) is 10.5. The minimum Gasteiger partial charge on any atom is -0.480 e. The molecular weight excluding hydrogens is 523 g/mol. The van der Waals surface area contributed by atoms with E-state index >= 15 is 0 Å². The van der Waals surface area contributed by atoms with Crippen LogP contribution in [0.3, 0.4) is 0 Å². The summed E-state index contributed by atoms with van der Waals surface area (Å²) in [7, 11) is 0. The van der Waals surface area contributed by atoms with Crippen LogP contribution in [0.5, 0.6) is 0 Å². The van der Waals surface area contributed by atoms with E-state index in [1.807, 2.05) is 18.3 Å². The highest BCUT2D eigenvalue weighted by Crippen LogP contribution is 2.27. The molecule has 0 bridgehead atoms. The van der Waals surface area contributed by atoms with Crippen LogP contribution >= 0.6 is 0 Å². The summed E-state index contributed by atoms with van der Waals surface area (Å²) in [4.78, 5) is 47.6. The molecule has 1 aliphatic heterocycles. The summed E-state index contributed by atoms with van der Waals surface area (Å²) in [5, 5.41) is 9.53. The number of carboxylic acid groups (broad SMARTS) is 1. The van der Waals surface area contributed by atoms with Crippen LogP contribution in [-0.4, -0.2) is 57.3 Å². The first kappa shape index (κ1) is 29.9. The lowest BCUT2D eigenvalue weighted by Crippen LogP contribution is -2.36. The van der Waals surface area contributed by atoms with Crippen LogP contribution in [0.15, 0.2) is 67.0 Å². The number of hydrogen-bond donors (Lipinski definition) is 1. The number of carboxylic acids is 1. The van der Waals surface area contributed by atoms with Crippen molar-refractivity contribution in [3.63, 3.8) is 0 Å². The maximum absolute atomic E-state index is 13.8. The first-order chi connectivity index (χ1) is 19.8. The number of pyridine rings is 1. The SMILES string of the molecule is CC(=O)N1CCCCCCCN(Cc2cccnc2)Cc2cc(C(=O)N(CC(=O)O)Cc3cccc(F)c3)ccc21. The Morgan fingerprint density at radius 3 is 2.41 bits per heavy atom. The lowest BCUT2D eigenvalue weighted by Gasteiger charge is -2.29. The number of rotatable bonds is 7. The molecule has 0 atom stereocenters. The molecule has 0 saturated heterocycles. The predicted octanol–water partition coefficient (Wildman–Crippen LogP) is 5.27. The molecule has 0 aliphatic carbocycles. The quantitative estimate of drug-likeness (QED) is 0.423. The number of fused-ring (bicyclic) bond motifs is 1. The lowest BCUT2D eigenvalue weighted by atomic mass is 10.0. The van der Waals surface area contributed by atoms with E-state index in [1.165, 1.54) is 23.1 Å². The molecule has 0 saturated carbocycles. The second kappa shape index (κ2) is 14.5. The Labute approximate surface area is 240 Å². The molecule has 3 aromatic rings. The van der Waals surface area contributed by atoms with E-state index in [4.69, 9.17) is 0 Å². The van der Waals surface area contributed by atoms with Crippen molar-refractivity contribution in [2.75, 3.05) is 24.5 Å². The number of carbonyl (C=O) groups is 3. The molecule has 1 aliphatic rings. The molecule has 0 spiro atoms. The highest BCUT2D eigenvalue weighted by Gasteiger charge is 2.24. The summed E-state index contributed by atoms with van der Waals surface area (Å²) < 4.78 is 13.8. The molecule has 8 nitrogen and oxygen atoms in total. The van der Waals surface area contributed by atoms with Gasteiger partial charge in [0.2, 0.25) is 5.91 Å². The summed E-state index contributed by atoms with van der Waals surface area (Å²) in [5.74, 6) is -2.16. The number of halogens is 1. The van der Waals surface area contributed by atoms with Crippen molar-refractivity contribution in [3.05, 3.63) is 95.1 Å². The first-order valence-corrected chi connectivity index (χ1v) is 14.1. The Bertz CT molecular complexity index is 1350. The van der Waals surface area contributed by atoms with Crippen molar-refractivity contribution in [2.45, 2.75) is 58.7 Å². The highest BCUT2D eigenvalue weighted by molar-refractivity contribution is 5.98. The fourth-order valence-electron chi connectivity index (χ4n) is 5.30. The Hall–Kier alpha value is -4.11. The smallest absolute Gasteiger partial charge is 0.323 e. The van der Waals surface area contributed by atoms with E-state index in [1.54, 1.807) is 42.3 Å². The molecule has 1 N–H and O–H groups in total. The number of nitrogens with zero attached hydrogens (tertiary/aromatic N) is 4. The molecule has 0 radical (unpaired) electrons. The molecule has 0 fully saturated rings. The van der Waals surface area contributed by atoms with E-state index in [0.717, 1.165) is 55.5 Å². The Balaban J connectivity index is 1.70. The van der Waals surface area contributed by atoms with Gasteiger partial charge in [-0.3, -0.25) is 24.3 Å². The standard InChI is InChI=1S/C32H37FN4O4/c1-24(38)37-16-6-4-2-3-5-15-35(20-26-10-8-14-34-19-26)22-28-18-27(12-13-30(28)37)32(41)36(23-31(39)40)21-25-9-7-11-29(33)17-25/h7-14,17-19H,2-6,15-16,20-23H2,1H3,(H,39,40). The Morgan fingerprint density at radius 1 is 0.951 bits per heavy atom. The van der Waals surface area contributed by atoms with E-state index in [-0.39, 0.29) is 12.5 Å². The first-order valence-electron chi connectivity index (χ1n) is 14.1. The van der Waals surface area contributed by atoms with Crippen molar-refractivity contribution in [1.82, 2.24) is 14.8 Å². The van der Waals surface area contributed by atoms with Crippen LogP contribution in [0.25, 0.3) is 0 Å². The van der Waals surface area contributed by atoms with Gasteiger partial charge >= 0.3 is 5.97 Å². The Kier molecular flexibility index (Phi) is 10.6. The van der Waals surface area contributed by atoms with Crippen LogP contribution in [0, 0.1) is 5.82 Å². The van der Waals surface area contributed by atoms with Crippen LogP contribution in [-0.2, 0) is 29.2 Å². The number of aromatic nitrogens is 1. The normalized spacial score (nSPS) is 14.8. The zero-order valence-electron chi connectivity index (χ0n) is 23.5. The van der Waals surface area contributed by atoms with Crippen LogP contribution in [0.1, 0.15) is 66.1 Å². The predicted molar refractivity (Wildman–Crippen MR) is 155 cm³/mol. The molecule has 2 heterocycles. The number of anilines is 1. The summed E-state index contributed by atoms with van der Waals surface area (Å²) in [6.07, 6.45) is 8.74. The van der Waals surface area contributed by atoms with Crippen molar-refractivity contribution < 1.29 is 23.9 Å². The van der Waals surface area contributed by atoms with Crippen molar-refractivity contribution in [1.29, 1.82) is 0 Å². The number of carbonyl (C=O) groups excluding carboxylic acids is 2. The number of amides is 2. The average Bonchev–Trinajstić information content (AvgIpc) is 2.93. The molecule has 216 valence electrons. The minimum atomic E-state index is -1.16. The number of aliphatic carboxylic acids is 1. The van der Waals surface area contributed by atoms with Gasteiger partial charge in [0.05, 0.1) is 0 Å². The third-order valence-electron chi connectivity index (χ3n) is 7.25. The molecule has 41 heavy (non-hydrogen) atoms. The zero-order chi connectivity index (χ0) is 29.2. The maximum atomic E-state index is 13.8. The van der Waals surface area contributed by atoms with Gasteiger partial charge in [0.25, 0.3) is 5.91 Å². The molecule has 1 aromatic heterocycles. The van der Waals surface area contributed by atoms with Crippen molar-refractivity contribution >= 4 is 23.5 Å². The zero-order valence-corrected chi connectivity index (χ0v) is 23.5. The summed E-state index contributed by atoms with van der Waals surface area (Å²) in [6.45, 7) is 3.57. The molecular formula is C32H37FN4O4. The molecule has 0 unspecified atom stereocenters. The van der Waals surface area contributed by atoms with Crippen LogP contribution < -0.4 is 4.90 Å². The van der Waals surface area contributed by atoms with E-state index < -0.39 is 24.2 Å². The lowest BCUT2D eigenvalue weighted by molar-refractivity contribution is -0.137. The third-order valence-corrected chi connectivity index (χ3v) is 7.25. The van der Waals surface area contributed by atoms with Crippen molar-refractivity contribution in [2.24, 2.45) is 0 Å². The fraction of sp³-hybridized carbons (Fsp3) is 0.375. The topological polar surface area (TPSA) is 94.1 Å². The van der Waals surface area contributed by atoms with Gasteiger partial charge in [-0.1, -0.05) is 37.5 Å². The average molecular weight is 561 g/mol. The molecule has 2 amide bonds. The minimum absolute atomic E-state index is 0.0489. The van der Waals surface area contributed by atoms with Gasteiger partial charge in [-0.2, -0.15) is 0 Å². The van der Waals surface area contributed by atoms with E-state index in [9.17, 15) is 23.9 Å². The van der Waals surface area contributed by atoms with Gasteiger partial charge in [0, 0.05) is 56.7 Å². The van der Waals surface area contributed by atoms with Gasteiger partial charge in [-0.25, -0.2) is 4.39 Å². The van der Waals surface area contributed by atoms with Crippen LogP contribution in [0.4, 0.5) is 10.1 Å². The summed E-state index contributed by atoms with van der Waals surface area (Å²) in [6, 6.07) is 14.9. The van der Waals surface area contributed by atoms with E-state index in [0.29, 0.717) is 30.8 Å². The highest BCUT2D eigenvalue weighted by atomic mass is 19.1. The third kappa shape index (κ3) is 8.69. The van der Waals surface area contributed by atoms with Gasteiger partial charge < -0.3 is 14.9 Å². The van der Waals surface area contributed by atoms with Gasteiger partial charge in [0.15, 0.2) is 0 Å². The fourth-order valence-corrected chi connectivity index (χ4v) is 5.30. The van der Waals surface area contributed by atoms with Gasteiger partial charge in [0.1, 0.15) is 12.4 Å².